The van der Waals surface area contributed by atoms with Gasteiger partial charge in [0, 0.05) is 33.0 Å². The van der Waals surface area contributed by atoms with Gasteiger partial charge in [-0.3, -0.25) is 9.59 Å². The predicted molar refractivity (Wildman–Crippen MR) is 111 cm³/mol. The van der Waals surface area contributed by atoms with Crippen molar-refractivity contribution in [2.75, 3.05) is 19.6 Å². The quantitative estimate of drug-likeness (QED) is 0.711. The van der Waals surface area contributed by atoms with Crippen LogP contribution in [0.25, 0.3) is 11.0 Å². The van der Waals surface area contributed by atoms with Crippen LogP contribution in [0.4, 0.5) is 0 Å². The number of unbranched alkanes of at least 4 members (excludes halogenated alkanes) is 2. The van der Waals surface area contributed by atoms with Gasteiger partial charge < -0.3 is 14.8 Å². The second kappa shape index (κ2) is 9.71. The number of benzene rings is 1. The zero-order valence-electron chi connectivity index (χ0n) is 17.1. The molecule has 6 nitrogen and oxygen atoms in total. The van der Waals surface area contributed by atoms with E-state index in [9.17, 15) is 9.59 Å². The number of aromatic nitrogens is 2. The first-order valence-corrected chi connectivity index (χ1v) is 10.5. The molecule has 0 spiro atoms. The number of fused-ring (bicyclic) bond motifs is 1. The monoisotopic (exact) mass is 384 g/mol. The average Bonchev–Trinajstić information content (AvgIpc) is 3.02. The van der Waals surface area contributed by atoms with E-state index < -0.39 is 0 Å². The molecule has 152 valence electrons. The molecule has 0 unspecified atom stereocenters. The number of nitrogens with one attached hydrogen (secondary N) is 1. The smallest absolute Gasteiger partial charge is 0.242 e. The first-order valence-electron chi connectivity index (χ1n) is 10.5. The molecule has 1 N–H and O–H groups in total. The summed E-state index contributed by atoms with van der Waals surface area (Å²) < 4.78 is 2.10. The van der Waals surface area contributed by atoms with E-state index in [1.54, 1.807) is 6.92 Å². The largest absolute Gasteiger partial charge is 0.356 e. The van der Waals surface area contributed by atoms with Crippen molar-refractivity contribution in [2.24, 2.45) is 5.92 Å². The van der Waals surface area contributed by atoms with Crippen molar-refractivity contribution >= 4 is 22.8 Å². The molecule has 0 aliphatic carbocycles. The molecule has 1 aliphatic heterocycles. The zero-order valence-corrected chi connectivity index (χ0v) is 17.1. The Morgan fingerprint density at radius 2 is 1.89 bits per heavy atom. The van der Waals surface area contributed by atoms with Crippen molar-refractivity contribution in [1.29, 1.82) is 0 Å². The van der Waals surface area contributed by atoms with Gasteiger partial charge in [-0.2, -0.15) is 0 Å². The molecule has 0 radical (unpaired) electrons. The number of carbonyl (C=O) groups is 2. The number of hydrogen-bond acceptors (Lipinski definition) is 3. The Hall–Kier alpha value is -2.37. The fourth-order valence-corrected chi connectivity index (χ4v) is 3.84. The van der Waals surface area contributed by atoms with Gasteiger partial charge in [0.05, 0.1) is 11.0 Å². The fraction of sp³-hybridized carbons (Fsp3) is 0.591. The van der Waals surface area contributed by atoms with Crippen LogP contribution in [0.1, 0.15) is 51.8 Å². The van der Waals surface area contributed by atoms with Crippen LogP contribution in [-0.2, 0) is 22.6 Å². The summed E-state index contributed by atoms with van der Waals surface area (Å²) in [6, 6.07) is 8.06. The Morgan fingerprint density at radius 3 is 2.64 bits per heavy atom. The summed E-state index contributed by atoms with van der Waals surface area (Å²) in [5.41, 5.74) is 1.99. The van der Waals surface area contributed by atoms with Crippen LogP contribution in [0.5, 0.6) is 0 Å². The van der Waals surface area contributed by atoms with E-state index >= 15 is 0 Å². The van der Waals surface area contributed by atoms with E-state index in [4.69, 9.17) is 4.98 Å². The number of para-hydroxylation sites is 2. The predicted octanol–water partition coefficient (Wildman–Crippen LogP) is 3.14. The number of hydrogen-bond donors (Lipinski definition) is 1. The van der Waals surface area contributed by atoms with Gasteiger partial charge in [0.15, 0.2) is 0 Å². The summed E-state index contributed by atoms with van der Waals surface area (Å²) >= 11 is 0. The van der Waals surface area contributed by atoms with Crippen molar-refractivity contribution in [3.8, 4) is 0 Å². The van der Waals surface area contributed by atoms with E-state index in [-0.39, 0.29) is 11.8 Å². The maximum Gasteiger partial charge on any atom is 0.242 e. The molecule has 6 heteroatoms. The first kappa shape index (κ1) is 20.4. The summed E-state index contributed by atoms with van der Waals surface area (Å²) in [4.78, 5) is 30.6. The summed E-state index contributed by atoms with van der Waals surface area (Å²) in [7, 11) is 0. The van der Waals surface area contributed by atoms with Gasteiger partial charge in [-0.1, -0.05) is 25.5 Å². The SMILES string of the molecule is CC(=O)NCCCCCc1nc2ccccc2n1CC(=O)N1CCC(C)CC1. The molecule has 1 saturated heterocycles. The molecule has 28 heavy (non-hydrogen) atoms. The first-order chi connectivity index (χ1) is 13.5. The minimum Gasteiger partial charge on any atom is -0.356 e. The van der Waals surface area contributed by atoms with E-state index in [0.29, 0.717) is 12.5 Å². The van der Waals surface area contributed by atoms with E-state index in [1.807, 2.05) is 29.2 Å². The summed E-state index contributed by atoms with van der Waals surface area (Å²) in [6.07, 6.45) is 6.03. The topological polar surface area (TPSA) is 67.2 Å². The van der Waals surface area contributed by atoms with Crippen molar-refractivity contribution < 1.29 is 9.59 Å². The summed E-state index contributed by atoms with van der Waals surface area (Å²) in [5.74, 6) is 1.92. The summed E-state index contributed by atoms with van der Waals surface area (Å²) in [5, 5.41) is 2.83. The minimum absolute atomic E-state index is 0.0208. The van der Waals surface area contributed by atoms with Crippen LogP contribution in [0.2, 0.25) is 0 Å². The lowest BCUT2D eigenvalue weighted by atomic mass is 9.99. The van der Waals surface area contributed by atoms with Crippen LogP contribution >= 0.6 is 0 Å². The molecule has 0 bridgehead atoms. The van der Waals surface area contributed by atoms with Gasteiger partial charge in [-0.25, -0.2) is 4.98 Å². The van der Waals surface area contributed by atoms with Crippen LogP contribution in [0, 0.1) is 5.92 Å². The van der Waals surface area contributed by atoms with Gasteiger partial charge in [0.2, 0.25) is 11.8 Å². The maximum atomic E-state index is 12.9. The van der Waals surface area contributed by atoms with Crippen LogP contribution in [0.15, 0.2) is 24.3 Å². The lowest BCUT2D eigenvalue weighted by molar-refractivity contribution is -0.133. The molecular formula is C22H32N4O2. The van der Waals surface area contributed by atoms with Crippen molar-refractivity contribution in [3.63, 3.8) is 0 Å². The molecule has 2 heterocycles. The van der Waals surface area contributed by atoms with Gasteiger partial charge in [-0.15, -0.1) is 0 Å². The third-order valence-corrected chi connectivity index (χ3v) is 5.61. The van der Waals surface area contributed by atoms with Crippen LogP contribution in [-0.4, -0.2) is 45.9 Å². The molecule has 0 saturated carbocycles. The molecule has 2 aromatic rings. The zero-order chi connectivity index (χ0) is 19.9. The van der Waals surface area contributed by atoms with E-state index in [1.165, 1.54) is 0 Å². The van der Waals surface area contributed by atoms with Crippen LogP contribution in [0.3, 0.4) is 0 Å². The number of rotatable bonds is 8. The third-order valence-electron chi connectivity index (χ3n) is 5.61. The highest BCUT2D eigenvalue weighted by molar-refractivity contribution is 5.81. The Balaban J connectivity index is 1.63. The standard InChI is InChI=1S/C22H32N4O2/c1-17-11-14-25(15-12-17)22(28)16-26-20-9-6-5-8-19(20)24-21(26)10-4-3-7-13-23-18(2)27/h5-6,8-9,17H,3-4,7,10-16H2,1-2H3,(H,23,27). The number of amides is 2. The van der Waals surface area contributed by atoms with Gasteiger partial charge in [0.25, 0.3) is 0 Å². The number of piperidine rings is 1. The Labute approximate surface area is 167 Å². The van der Waals surface area contributed by atoms with Gasteiger partial charge >= 0.3 is 0 Å². The third kappa shape index (κ3) is 5.33. The Morgan fingerprint density at radius 1 is 1.14 bits per heavy atom. The van der Waals surface area contributed by atoms with Crippen molar-refractivity contribution in [1.82, 2.24) is 19.8 Å². The number of nitrogens with zero attached hydrogens (tertiary/aromatic N) is 3. The maximum absolute atomic E-state index is 12.9. The summed E-state index contributed by atoms with van der Waals surface area (Å²) in [6.45, 7) is 6.63. The molecule has 1 fully saturated rings. The molecule has 1 aromatic carbocycles. The number of aryl methyl sites for hydroxylation is 1. The van der Waals surface area contributed by atoms with Crippen molar-refractivity contribution in [3.05, 3.63) is 30.1 Å². The Kier molecular flexibility index (Phi) is 7.06. The second-order valence-corrected chi connectivity index (χ2v) is 7.96. The molecule has 1 aromatic heterocycles. The number of carbonyl (C=O) groups excluding carboxylic acids is 2. The lowest BCUT2D eigenvalue weighted by Gasteiger charge is -2.30. The molecule has 3 rings (SSSR count). The average molecular weight is 385 g/mol. The number of imidazole rings is 1. The minimum atomic E-state index is 0.0208. The highest BCUT2D eigenvalue weighted by Gasteiger charge is 2.22. The van der Waals surface area contributed by atoms with Gasteiger partial charge in [-0.05, 0) is 43.7 Å². The molecule has 0 atom stereocenters. The normalized spacial score (nSPS) is 15.1. The fourth-order valence-electron chi connectivity index (χ4n) is 3.84. The molecule has 2 amide bonds. The number of likely N-dealkylation sites (tertiary alicyclic amines) is 1. The van der Waals surface area contributed by atoms with Crippen LogP contribution < -0.4 is 5.32 Å². The highest BCUT2D eigenvalue weighted by atomic mass is 16.2. The second-order valence-electron chi connectivity index (χ2n) is 7.96. The molecule has 1 aliphatic rings. The van der Waals surface area contributed by atoms with Gasteiger partial charge in [0.1, 0.15) is 12.4 Å². The Bertz CT molecular complexity index is 806. The van der Waals surface area contributed by atoms with Crippen molar-refractivity contribution in [2.45, 2.75) is 58.9 Å². The van der Waals surface area contributed by atoms with E-state index in [2.05, 4.69) is 16.8 Å². The van der Waals surface area contributed by atoms with E-state index in [0.717, 1.165) is 75.0 Å². The molecular weight excluding hydrogens is 352 g/mol. The lowest BCUT2D eigenvalue weighted by Crippen LogP contribution is -2.39. The highest BCUT2D eigenvalue weighted by Crippen LogP contribution is 2.20.